The van der Waals surface area contributed by atoms with Crippen molar-refractivity contribution in [2.24, 2.45) is 5.92 Å². The lowest BCUT2D eigenvalue weighted by atomic mass is 9.76. The largest absolute Gasteiger partial charge is 0.481 e. The van der Waals surface area contributed by atoms with Gasteiger partial charge in [-0.1, -0.05) is 28.1 Å². The van der Waals surface area contributed by atoms with Gasteiger partial charge in [-0.05, 0) is 43.4 Å². The van der Waals surface area contributed by atoms with Gasteiger partial charge in [-0.2, -0.15) is 0 Å². The highest BCUT2D eigenvalue weighted by Crippen LogP contribution is 2.36. The number of halogens is 1. The van der Waals surface area contributed by atoms with Gasteiger partial charge in [-0.3, -0.25) is 19.3 Å². The zero-order valence-electron chi connectivity index (χ0n) is 14.5. The maximum atomic E-state index is 12.7. The summed E-state index contributed by atoms with van der Waals surface area (Å²) in [6, 6.07) is 6.84. The van der Waals surface area contributed by atoms with Crippen LogP contribution in [0.2, 0.25) is 0 Å². The highest BCUT2D eigenvalue weighted by molar-refractivity contribution is 9.10. The van der Waals surface area contributed by atoms with Gasteiger partial charge >= 0.3 is 12.0 Å². The number of urea groups is 1. The van der Waals surface area contributed by atoms with Crippen LogP contribution in [0.15, 0.2) is 28.7 Å². The number of nitrogens with one attached hydrogen (secondary N) is 2. The molecular formula is C18H20BrN3O5. The normalized spacial score (nSPS) is 24.8. The van der Waals surface area contributed by atoms with Gasteiger partial charge in [-0.15, -0.1) is 0 Å². The lowest BCUT2D eigenvalue weighted by Crippen LogP contribution is -2.50. The molecule has 0 aromatic heterocycles. The number of imide groups is 1. The molecule has 1 spiro atoms. The van der Waals surface area contributed by atoms with Gasteiger partial charge in [0.05, 0.1) is 5.92 Å². The highest BCUT2D eigenvalue weighted by Gasteiger charge is 2.53. The van der Waals surface area contributed by atoms with E-state index in [2.05, 4.69) is 26.6 Å². The van der Waals surface area contributed by atoms with Gasteiger partial charge in [0, 0.05) is 11.0 Å². The molecule has 0 bridgehead atoms. The van der Waals surface area contributed by atoms with Crippen molar-refractivity contribution < 1.29 is 24.3 Å². The van der Waals surface area contributed by atoms with E-state index in [1.165, 1.54) is 0 Å². The molecule has 3 N–H and O–H groups in total. The molecule has 1 heterocycles. The highest BCUT2D eigenvalue weighted by atomic mass is 79.9. The molecule has 27 heavy (non-hydrogen) atoms. The van der Waals surface area contributed by atoms with Crippen LogP contribution >= 0.6 is 15.9 Å². The number of benzene rings is 1. The van der Waals surface area contributed by atoms with Crippen molar-refractivity contribution in [3.63, 3.8) is 0 Å². The summed E-state index contributed by atoms with van der Waals surface area (Å²) in [5, 5.41) is 14.5. The molecule has 0 radical (unpaired) electrons. The summed E-state index contributed by atoms with van der Waals surface area (Å²) in [6.45, 7) is -0.0733. The molecule has 9 heteroatoms. The van der Waals surface area contributed by atoms with Crippen LogP contribution in [0, 0.1) is 5.92 Å². The molecule has 2 fully saturated rings. The fourth-order valence-corrected chi connectivity index (χ4v) is 4.01. The van der Waals surface area contributed by atoms with E-state index in [0.717, 1.165) is 14.9 Å². The van der Waals surface area contributed by atoms with Crippen molar-refractivity contribution in [1.29, 1.82) is 0 Å². The van der Waals surface area contributed by atoms with Gasteiger partial charge in [0.1, 0.15) is 12.1 Å². The van der Waals surface area contributed by atoms with Crippen LogP contribution in [0.5, 0.6) is 0 Å². The Bertz CT molecular complexity index is 789. The fourth-order valence-electron chi connectivity index (χ4n) is 3.56. The molecule has 1 aromatic rings. The van der Waals surface area contributed by atoms with Gasteiger partial charge in [0.2, 0.25) is 5.91 Å². The molecule has 144 valence electrons. The molecule has 1 saturated heterocycles. The molecule has 3 rings (SSSR count). The van der Waals surface area contributed by atoms with E-state index < -0.39 is 35.3 Å². The quantitative estimate of drug-likeness (QED) is 0.605. The van der Waals surface area contributed by atoms with Crippen LogP contribution in [0.4, 0.5) is 4.79 Å². The third-order valence-corrected chi connectivity index (χ3v) is 5.61. The molecule has 2 aliphatic rings. The predicted molar refractivity (Wildman–Crippen MR) is 98.6 cm³/mol. The molecule has 1 aliphatic carbocycles. The number of rotatable bonds is 5. The predicted octanol–water partition coefficient (Wildman–Crippen LogP) is 1.63. The lowest BCUT2D eigenvalue weighted by molar-refractivity contribution is -0.145. The fraction of sp³-hybridized carbons (Fsp3) is 0.444. The van der Waals surface area contributed by atoms with Crippen molar-refractivity contribution in [3.05, 3.63) is 34.3 Å². The SMILES string of the molecule is O=C(CN1C(=O)NC2(CCC(C(=O)O)CC2)C1=O)NCc1cccc(Br)c1. The van der Waals surface area contributed by atoms with E-state index >= 15 is 0 Å². The average Bonchev–Trinajstić information content (AvgIpc) is 2.85. The molecule has 1 aliphatic heterocycles. The second kappa shape index (κ2) is 7.67. The van der Waals surface area contributed by atoms with Crippen molar-refractivity contribution in [1.82, 2.24) is 15.5 Å². The third kappa shape index (κ3) is 4.13. The molecule has 0 atom stereocenters. The minimum atomic E-state index is -1.08. The second-order valence-electron chi connectivity index (χ2n) is 6.92. The van der Waals surface area contributed by atoms with Crippen LogP contribution in [0.3, 0.4) is 0 Å². The second-order valence-corrected chi connectivity index (χ2v) is 7.84. The minimum absolute atomic E-state index is 0.269. The summed E-state index contributed by atoms with van der Waals surface area (Å²) in [7, 11) is 0. The summed E-state index contributed by atoms with van der Waals surface area (Å²) in [5.41, 5.74) is -0.188. The topological polar surface area (TPSA) is 116 Å². The Hall–Kier alpha value is -2.42. The summed E-state index contributed by atoms with van der Waals surface area (Å²) >= 11 is 3.35. The van der Waals surface area contributed by atoms with Gasteiger partial charge in [0.25, 0.3) is 5.91 Å². The van der Waals surface area contributed by atoms with Crippen molar-refractivity contribution in [2.45, 2.75) is 37.8 Å². The zero-order valence-corrected chi connectivity index (χ0v) is 16.1. The molecule has 4 amide bonds. The summed E-state index contributed by atoms with van der Waals surface area (Å²) in [5.74, 6) is -2.27. The number of nitrogens with zero attached hydrogens (tertiary/aromatic N) is 1. The zero-order chi connectivity index (χ0) is 19.6. The van der Waals surface area contributed by atoms with E-state index in [1.807, 2.05) is 24.3 Å². The van der Waals surface area contributed by atoms with E-state index in [1.54, 1.807) is 0 Å². The summed E-state index contributed by atoms with van der Waals surface area (Å²) in [6.07, 6.45) is 1.18. The maximum Gasteiger partial charge on any atom is 0.325 e. The Kier molecular flexibility index (Phi) is 5.50. The number of aliphatic carboxylic acids is 1. The van der Waals surface area contributed by atoms with E-state index in [0.29, 0.717) is 12.8 Å². The van der Waals surface area contributed by atoms with Crippen LogP contribution in [-0.2, 0) is 20.9 Å². The Morgan fingerprint density at radius 2 is 2.00 bits per heavy atom. The first-order valence-corrected chi connectivity index (χ1v) is 9.48. The Balaban J connectivity index is 1.57. The van der Waals surface area contributed by atoms with Crippen LogP contribution in [0.1, 0.15) is 31.2 Å². The number of carboxylic acids is 1. The number of hydrogen-bond acceptors (Lipinski definition) is 4. The average molecular weight is 438 g/mol. The van der Waals surface area contributed by atoms with Crippen LogP contribution in [-0.4, -0.2) is 45.9 Å². The van der Waals surface area contributed by atoms with E-state index in [-0.39, 0.29) is 25.9 Å². The smallest absolute Gasteiger partial charge is 0.325 e. The first-order valence-electron chi connectivity index (χ1n) is 8.69. The standard InChI is InChI=1S/C18H20BrN3O5/c19-13-3-1-2-11(8-13)9-20-14(23)10-22-16(26)18(21-17(22)27)6-4-12(5-7-18)15(24)25/h1-3,8,12H,4-7,9-10H2,(H,20,23)(H,21,27)(H,24,25). The molecular weight excluding hydrogens is 418 g/mol. The molecule has 1 aromatic carbocycles. The molecule has 1 saturated carbocycles. The van der Waals surface area contributed by atoms with Crippen LogP contribution < -0.4 is 10.6 Å². The van der Waals surface area contributed by atoms with Crippen molar-refractivity contribution in [3.8, 4) is 0 Å². The van der Waals surface area contributed by atoms with Gasteiger partial charge in [-0.25, -0.2) is 4.79 Å². The van der Waals surface area contributed by atoms with Crippen molar-refractivity contribution in [2.75, 3.05) is 6.54 Å². The van der Waals surface area contributed by atoms with E-state index in [4.69, 9.17) is 5.11 Å². The third-order valence-electron chi connectivity index (χ3n) is 5.11. The first kappa shape index (κ1) is 19.3. The Morgan fingerprint density at radius 1 is 1.30 bits per heavy atom. The maximum absolute atomic E-state index is 12.7. The number of carbonyl (C=O) groups is 4. The number of carbonyl (C=O) groups excluding carboxylic acids is 3. The first-order chi connectivity index (χ1) is 12.8. The van der Waals surface area contributed by atoms with Gasteiger partial charge < -0.3 is 15.7 Å². The number of hydrogen-bond donors (Lipinski definition) is 3. The Morgan fingerprint density at radius 3 is 2.63 bits per heavy atom. The monoisotopic (exact) mass is 437 g/mol. The summed E-state index contributed by atoms with van der Waals surface area (Å²) < 4.78 is 0.891. The van der Waals surface area contributed by atoms with Crippen molar-refractivity contribution >= 4 is 39.7 Å². The number of amides is 4. The molecule has 8 nitrogen and oxygen atoms in total. The number of carboxylic acid groups (broad SMARTS) is 1. The lowest BCUT2D eigenvalue weighted by Gasteiger charge is -2.33. The summed E-state index contributed by atoms with van der Waals surface area (Å²) in [4.78, 5) is 49.1. The van der Waals surface area contributed by atoms with E-state index in [9.17, 15) is 19.2 Å². The Labute approximate surface area is 164 Å². The van der Waals surface area contributed by atoms with Crippen LogP contribution in [0.25, 0.3) is 0 Å². The van der Waals surface area contributed by atoms with Gasteiger partial charge in [0.15, 0.2) is 0 Å². The minimum Gasteiger partial charge on any atom is -0.481 e. The molecule has 0 unspecified atom stereocenters.